The maximum atomic E-state index is 15.4. The van der Waals surface area contributed by atoms with Gasteiger partial charge in [0.1, 0.15) is 5.01 Å². The van der Waals surface area contributed by atoms with Gasteiger partial charge in [-0.1, -0.05) is 24.3 Å². The summed E-state index contributed by atoms with van der Waals surface area (Å²) in [5, 5.41) is 16.1. The van der Waals surface area contributed by atoms with Crippen molar-refractivity contribution < 1.29 is 19.0 Å². The zero-order valence-electron chi connectivity index (χ0n) is 23.5. The zero-order chi connectivity index (χ0) is 29.1. The molecule has 210 valence electrons. The van der Waals surface area contributed by atoms with Gasteiger partial charge in [0.2, 0.25) is 0 Å². The Morgan fingerprint density at radius 2 is 1.90 bits per heavy atom. The summed E-state index contributed by atoms with van der Waals surface area (Å²) >= 11 is 1.51. The van der Waals surface area contributed by atoms with Crippen LogP contribution in [0, 0.1) is 19.7 Å². The van der Waals surface area contributed by atoms with Crippen molar-refractivity contribution in [2.45, 2.75) is 33.1 Å². The van der Waals surface area contributed by atoms with E-state index in [1.54, 1.807) is 0 Å². The van der Waals surface area contributed by atoms with E-state index in [0.29, 0.717) is 23.5 Å². The van der Waals surface area contributed by atoms with Gasteiger partial charge in [0.15, 0.2) is 11.6 Å². The summed E-state index contributed by atoms with van der Waals surface area (Å²) in [6.07, 6.45) is 3.25. The van der Waals surface area contributed by atoms with Crippen molar-refractivity contribution in [3.8, 4) is 38.6 Å². The second-order valence-corrected chi connectivity index (χ2v) is 11.9. The predicted octanol–water partition coefficient (Wildman–Crippen LogP) is 7.89. The van der Waals surface area contributed by atoms with Crippen LogP contribution < -0.4 is 4.74 Å². The number of benzene rings is 4. The molecule has 0 bridgehead atoms. The molecule has 3 heterocycles. The first-order valence-corrected chi connectivity index (χ1v) is 14.7. The average Bonchev–Trinajstić information content (AvgIpc) is 3.58. The number of ether oxygens (including phenoxy) is 1. The monoisotopic (exact) mass is 577 g/mol. The smallest absolute Gasteiger partial charge is 0.307 e. The maximum absolute atomic E-state index is 15.4. The van der Waals surface area contributed by atoms with Crippen molar-refractivity contribution >= 4 is 38.4 Å². The van der Waals surface area contributed by atoms with Gasteiger partial charge in [0.05, 0.1) is 35.0 Å². The topological polar surface area (TPSA) is 77.2 Å². The Kier molecular flexibility index (Phi) is 6.31. The Morgan fingerprint density at radius 3 is 2.74 bits per heavy atom. The molecule has 1 aliphatic rings. The third kappa shape index (κ3) is 4.34. The number of carboxylic acids is 1. The lowest BCUT2D eigenvalue weighted by Crippen LogP contribution is -2.13. The molecule has 0 spiro atoms. The molecule has 6 nitrogen and oxygen atoms in total. The summed E-state index contributed by atoms with van der Waals surface area (Å²) in [7, 11) is 1.93. The van der Waals surface area contributed by atoms with Crippen LogP contribution in [-0.4, -0.2) is 32.4 Å². The first kappa shape index (κ1) is 26.3. The number of aryl methyl sites for hydroxylation is 2. The van der Waals surface area contributed by atoms with Gasteiger partial charge < -0.3 is 9.84 Å². The lowest BCUT2D eigenvalue weighted by molar-refractivity contribution is -0.136. The molecule has 2 aromatic heterocycles. The third-order valence-corrected chi connectivity index (χ3v) is 9.37. The standard InChI is InChI=1S/C34H28FN3O3S/c1-18-12-28-33(31(25(18)16-30(39)40)26-15-27(35)32-24(19(26)2)8-5-11-41-32)42-34(37-28)22-7-4-6-20(13-22)21-9-10-29-23(14-21)17-36-38(29)3/h4,6-7,9-10,12-15,17H,5,8,11,16H2,1-3H3,(H,39,40). The van der Waals surface area contributed by atoms with E-state index < -0.39 is 11.8 Å². The van der Waals surface area contributed by atoms with Crippen molar-refractivity contribution in [1.82, 2.24) is 14.8 Å². The van der Waals surface area contributed by atoms with E-state index >= 15 is 4.39 Å². The first-order valence-electron chi connectivity index (χ1n) is 13.9. The molecule has 8 heteroatoms. The van der Waals surface area contributed by atoms with E-state index in [9.17, 15) is 9.90 Å². The van der Waals surface area contributed by atoms with Crippen molar-refractivity contribution in [1.29, 1.82) is 0 Å². The van der Waals surface area contributed by atoms with Crippen LogP contribution in [0.4, 0.5) is 4.39 Å². The highest BCUT2D eigenvalue weighted by Gasteiger charge is 2.26. The molecule has 42 heavy (non-hydrogen) atoms. The highest BCUT2D eigenvalue weighted by molar-refractivity contribution is 7.22. The molecule has 0 saturated heterocycles. The van der Waals surface area contributed by atoms with Crippen molar-refractivity contribution in [3.05, 3.63) is 88.9 Å². The molecule has 6 aromatic rings. The number of hydrogen-bond acceptors (Lipinski definition) is 5. The highest BCUT2D eigenvalue weighted by atomic mass is 32.1. The van der Waals surface area contributed by atoms with Crippen molar-refractivity contribution in [2.24, 2.45) is 7.05 Å². The summed E-state index contributed by atoms with van der Waals surface area (Å²) < 4.78 is 23.8. The van der Waals surface area contributed by atoms with E-state index in [2.05, 4.69) is 35.4 Å². The summed E-state index contributed by atoms with van der Waals surface area (Å²) in [5.74, 6) is -1.03. The number of nitrogens with zero attached hydrogens (tertiary/aromatic N) is 3. The Bertz CT molecular complexity index is 2060. The van der Waals surface area contributed by atoms with Crippen LogP contribution in [0.1, 0.15) is 28.7 Å². The minimum Gasteiger partial charge on any atom is -0.490 e. The molecular formula is C34H28FN3O3S. The van der Waals surface area contributed by atoms with Crippen molar-refractivity contribution in [2.75, 3.05) is 6.61 Å². The number of halogens is 1. The molecule has 0 radical (unpaired) electrons. The number of aromatic nitrogens is 3. The second-order valence-electron chi connectivity index (χ2n) is 10.9. The minimum atomic E-state index is -0.929. The lowest BCUT2D eigenvalue weighted by Gasteiger charge is -2.23. The molecule has 0 unspecified atom stereocenters. The second kappa shape index (κ2) is 10.1. The predicted molar refractivity (Wildman–Crippen MR) is 165 cm³/mol. The number of hydrogen-bond donors (Lipinski definition) is 1. The third-order valence-electron chi connectivity index (χ3n) is 8.23. The fraction of sp³-hybridized carbons (Fsp3) is 0.206. The van der Waals surface area contributed by atoms with E-state index in [0.717, 1.165) is 77.9 Å². The lowest BCUT2D eigenvalue weighted by atomic mass is 9.87. The number of carboxylic acid groups (broad SMARTS) is 1. The average molecular weight is 578 g/mol. The largest absolute Gasteiger partial charge is 0.490 e. The molecule has 0 atom stereocenters. The molecule has 1 aliphatic heterocycles. The van der Waals surface area contributed by atoms with E-state index in [4.69, 9.17) is 9.72 Å². The molecule has 1 N–H and O–H groups in total. The van der Waals surface area contributed by atoms with Crippen LogP contribution in [0.2, 0.25) is 0 Å². The van der Waals surface area contributed by atoms with E-state index in [1.165, 1.54) is 17.4 Å². The number of rotatable bonds is 5. The van der Waals surface area contributed by atoms with Crippen LogP contribution in [0.25, 0.3) is 53.9 Å². The maximum Gasteiger partial charge on any atom is 0.307 e. The minimum absolute atomic E-state index is 0.161. The molecule has 0 aliphatic carbocycles. The molecule has 7 rings (SSSR count). The quantitative estimate of drug-likeness (QED) is 0.225. The normalized spacial score (nSPS) is 13.0. The van der Waals surface area contributed by atoms with Gasteiger partial charge in [-0.2, -0.15) is 5.10 Å². The van der Waals surface area contributed by atoms with Crippen LogP contribution in [-0.2, 0) is 24.7 Å². The summed E-state index contributed by atoms with van der Waals surface area (Å²) in [6.45, 7) is 4.38. The SMILES string of the molecule is Cc1cc2nc(-c3cccc(-c4ccc5c(cnn5C)c4)c3)sc2c(-c2cc(F)c3c(c2C)CCCO3)c1CC(=O)O. The van der Waals surface area contributed by atoms with Gasteiger partial charge in [-0.05, 0) is 90.4 Å². The summed E-state index contributed by atoms with van der Waals surface area (Å²) in [6, 6.07) is 18.0. The van der Waals surface area contributed by atoms with Gasteiger partial charge in [0.25, 0.3) is 0 Å². The Hall–Kier alpha value is -4.56. The van der Waals surface area contributed by atoms with Gasteiger partial charge in [0, 0.05) is 29.1 Å². The Balaban J connectivity index is 1.41. The summed E-state index contributed by atoms with van der Waals surface area (Å²) in [4.78, 5) is 17.0. The van der Waals surface area contributed by atoms with Crippen LogP contribution >= 0.6 is 11.3 Å². The van der Waals surface area contributed by atoms with Crippen molar-refractivity contribution in [3.63, 3.8) is 0 Å². The number of carbonyl (C=O) groups is 1. The van der Waals surface area contributed by atoms with Crippen LogP contribution in [0.15, 0.2) is 60.8 Å². The fourth-order valence-corrected chi connectivity index (χ4v) is 7.24. The van der Waals surface area contributed by atoms with E-state index in [-0.39, 0.29) is 6.42 Å². The van der Waals surface area contributed by atoms with E-state index in [1.807, 2.05) is 50.0 Å². The van der Waals surface area contributed by atoms with Gasteiger partial charge in [-0.3, -0.25) is 9.48 Å². The summed E-state index contributed by atoms with van der Waals surface area (Å²) in [5.41, 5.74) is 9.69. The van der Waals surface area contributed by atoms with Gasteiger partial charge in [-0.25, -0.2) is 9.37 Å². The number of aliphatic carboxylic acids is 1. The molecule has 0 fully saturated rings. The molecule has 4 aromatic carbocycles. The van der Waals surface area contributed by atoms with Crippen LogP contribution in [0.5, 0.6) is 5.75 Å². The fourth-order valence-electron chi connectivity index (χ4n) is 6.12. The van der Waals surface area contributed by atoms with Crippen LogP contribution in [0.3, 0.4) is 0 Å². The highest BCUT2D eigenvalue weighted by Crippen LogP contribution is 2.45. The Labute approximate surface area is 246 Å². The Morgan fingerprint density at radius 1 is 1.10 bits per heavy atom. The molecule has 0 saturated carbocycles. The van der Waals surface area contributed by atoms with Gasteiger partial charge >= 0.3 is 5.97 Å². The first-order chi connectivity index (χ1) is 20.3. The molecular weight excluding hydrogens is 549 g/mol. The number of thiazole rings is 1. The number of fused-ring (bicyclic) bond motifs is 3. The zero-order valence-corrected chi connectivity index (χ0v) is 24.3. The molecule has 0 amide bonds. The van der Waals surface area contributed by atoms with Gasteiger partial charge in [-0.15, -0.1) is 11.3 Å².